The van der Waals surface area contributed by atoms with Gasteiger partial charge >= 0.3 is 5.97 Å². The Bertz CT molecular complexity index is 530. The molecule has 0 radical (unpaired) electrons. The van der Waals surface area contributed by atoms with Gasteiger partial charge in [0.2, 0.25) is 5.91 Å². The zero-order chi connectivity index (χ0) is 15.9. The molecule has 2 atom stereocenters. The van der Waals surface area contributed by atoms with E-state index in [1.54, 1.807) is 6.07 Å². The van der Waals surface area contributed by atoms with Crippen LogP contribution in [0.2, 0.25) is 0 Å². The summed E-state index contributed by atoms with van der Waals surface area (Å²) in [5.41, 5.74) is 0. The summed E-state index contributed by atoms with van der Waals surface area (Å²) in [5, 5.41) is 16.4. The molecule has 0 unspecified atom stereocenters. The van der Waals surface area contributed by atoms with Gasteiger partial charge in [-0.2, -0.15) is 0 Å². The zero-order valence-corrected chi connectivity index (χ0v) is 13.0. The van der Waals surface area contributed by atoms with Crippen LogP contribution in [0.3, 0.4) is 0 Å². The SMILES string of the molecule is O=C(NCCCNC(=O)[C@H]1CC[C@@H](C(=O)O)C1)c1cccs1. The Hall–Kier alpha value is -1.89. The molecule has 0 aliphatic heterocycles. The van der Waals surface area contributed by atoms with Crippen molar-refractivity contribution in [3.63, 3.8) is 0 Å². The van der Waals surface area contributed by atoms with Crippen LogP contribution in [0.1, 0.15) is 35.4 Å². The summed E-state index contributed by atoms with van der Waals surface area (Å²) in [4.78, 5) is 35.1. The molecule has 1 aliphatic carbocycles. The number of carboxylic acid groups (broad SMARTS) is 1. The van der Waals surface area contributed by atoms with Crippen LogP contribution >= 0.6 is 11.3 Å². The van der Waals surface area contributed by atoms with Crippen molar-refractivity contribution in [1.29, 1.82) is 0 Å². The summed E-state index contributed by atoms with van der Waals surface area (Å²) < 4.78 is 0. The van der Waals surface area contributed by atoms with E-state index in [-0.39, 0.29) is 23.7 Å². The van der Waals surface area contributed by atoms with Crippen LogP contribution in [-0.4, -0.2) is 36.0 Å². The molecule has 1 aromatic rings. The average molecular weight is 324 g/mol. The van der Waals surface area contributed by atoms with Gasteiger partial charge in [-0.05, 0) is 37.1 Å². The lowest BCUT2D eigenvalue weighted by Crippen LogP contribution is -2.33. The van der Waals surface area contributed by atoms with Crippen LogP contribution in [0.5, 0.6) is 0 Å². The average Bonchev–Trinajstić information content (AvgIpc) is 3.17. The lowest BCUT2D eigenvalue weighted by molar-refractivity contribution is -0.141. The molecule has 1 aliphatic rings. The number of aliphatic carboxylic acids is 1. The van der Waals surface area contributed by atoms with Crippen molar-refractivity contribution in [1.82, 2.24) is 10.6 Å². The molecular weight excluding hydrogens is 304 g/mol. The minimum absolute atomic E-state index is 0.0756. The molecule has 3 N–H and O–H groups in total. The van der Waals surface area contributed by atoms with Crippen LogP contribution < -0.4 is 10.6 Å². The minimum atomic E-state index is -0.813. The van der Waals surface area contributed by atoms with Crippen molar-refractivity contribution >= 4 is 29.1 Å². The summed E-state index contributed by atoms with van der Waals surface area (Å²) in [6, 6.07) is 3.59. The van der Waals surface area contributed by atoms with Gasteiger partial charge in [-0.25, -0.2) is 0 Å². The fourth-order valence-corrected chi connectivity index (χ4v) is 3.23. The van der Waals surface area contributed by atoms with Gasteiger partial charge < -0.3 is 15.7 Å². The molecule has 0 spiro atoms. The predicted octanol–water partition coefficient (Wildman–Crippen LogP) is 1.49. The van der Waals surface area contributed by atoms with E-state index < -0.39 is 5.97 Å². The van der Waals surface area contributed by atoms with Gasteiger partial charge in [0.15, 0.2) is 0 Å². The highest BCUT2D eigenvalue weighted by Crippen LogP contribution is 2.30. The van der Waals surface area contributed by atoms with Gasteiger partial charge in [0.05, 0.1) is 10.8 Å². The lowest BCUT2D eigenvalue weighted by Gasteiger charge is -2.11. The van der Waals surface area contributed by atoms with Crippen molar-refractivity contribution in [3.05, 3.63) is 22.4 Å². The van der Waals surface area contributed by atoms with Crippen molar-refractivity contribution in [2.24, 2.45) is 11.8 Å². The first-order valence-corrected chi connectivity index (χ1v) is 8.28. The van der Waals surface area contributed by atoms with Gasteiger partial charge in [-0.3, -0.25) is 14.4 Å². The molecular formula is C15H20N2O4S. The van der Waals surface area contributed by atoms with Gasteiger partial charge in [0.1, 0.15) is 0 Å². The third-order valence-corrected chi connectivity index (χ3v) is 4.70. The monoisotopic (exact) mass is 324 g/mol. The number of thiophene rings is 1. The summed E-state index contributed by atoms with van der Waals surface area (Å²) in [6.07, 6.45) is 2.29. The third-order valence-electron chi connectivity index (χ3n) is 3.84. The molecule has 1 saturated carbocycles. The summed E-state index contributed by atoms with van der Waals surface area (Å²) in [5.74, 6) is -1.57. The fourth-order valence-electron chi connectivity index (χ4n) is 2.59. The van der Waals surface area contributed by atoms with E-state index in [0.717, 1.165) is 0 Å². The second-order valence-corrected chi connectivity index (χ2v) is 6.37. The molecule has 6 nitrogen and oxygen atoms in total. The van der Waals surface area contributed by atoms with E-state index in [1.165, 1.54) is 11.3 Å². The van der Waals surface area contributed by atoms with E-state index in [4.69, 9.17) is 5.11 Å². The Kier molecular flexibility index (Phi) is 5.94. The number of carbonyl (C=O) groups is 3. The zero-order valence-electron chi connectivity index (χ0n) is 12.2. The first kappa shape index (κ1) is 16.5. The fraction of sp³-hybridized carbons (Fsp3) is 0.533. The molecule has 0 bridgehead atoms. The topological polar surface area (TPSA) is 95.5 Å². The highest BCUT2D eigenvalue weighted by Gasteiger charge is 2.33. The van der Waals surface area contributed by atoms with Gasteiger partial charge in [0.25, 0.3) is 5.91 Å². The van der Waals surface area contributed by atoms with Crippen molar-refractivity contribution in [3.8, 4) is 0 Å². The molecule has 1 fully saturated rings. The van der Waals surface area contributed by atoms with Crippen LogP contribution in [0.25, 0.3) is 0 Å². The molecule has 1 heterocycles. The van der Waals surface area contributed by atoms with Gasteiger partial charge in [-0.1, -0.05) is 6.07 Å². The number of carboxylic acids is 1. The van der Waals surface area contributed by atoms with Gasteiger partial charge in [-0.15, -0.1) is 11.3 Å². The summed E-state index contributed by atoms with van der Waals surface area (Å²) >= 11 is 1.39. The lowest BCUT2D eigenvalue weighted by atomic mass is 10.0. The maximum Gasteiger partial charge on any atom is 0.306 e. The number of rotatable bonds is 7. The van der Waals surface area contributed by atoms with E-state index in [9.17, 15) is 14.4 Å². The Balaban J connectivity index is 1.58. The van der Waals surface area contributed by atoms with Crippen LogP contribution in [0.4, 0.5) is 0 Å². The number of hydrogen-bond donors (Lipinski definition) is 3. The maximum atomic E-state index is 11.9. The van der Waals surface area contributed by atoms with Crippen LogP contribution in [0, 0.1) is 11.8 Å². The molecule has 0 aromatic carbocycles. The van der Waals surface area contributed by atoms with Crippen molar-refractivity contribution in [2.45, 2.75) is 25.7 Å². The largest absolute Gasteiger partial charge is 0.481 e. The Labute approximate surface area is 132 Å². The Morgan fingerprint density at radius 2 is 1.91 bits per heavy atom. The van der Waals surface area contributed by atoms with E-state index in [2.05, 4.69) is 10.6 Å². The summed E-state index contributed by atoms with van der Waals surface area (Å²) in [6.45, 7) is 0.983. The quantitative estimate of drug-likeness (QED) is 0.662. The molecule has 0 saturated heterocycles. The highest BCUT2D eigenvalue weighted by molar-refractivity contribution is 7.12. The second kappa shape index (κ2) is 7.93. The highest BCUT2D eigenvalue weighted by atomic mass is 32.1. The van der Waals surface area contributed by atoms with Crippen molar-refractivity contribution in [2.75, 3.05) is 13.1 Å². The van der Waals surface area contributed by atoms with Crippen molar-refractivity contribution < 1.29 is 19.5 Å². The Morgan fingerprint density at radius 1 is 1.18 bits per heavy atom. The standard InChI is InChI=1S/C15H20N2O4S/c18-13(10-4-5-11(9-10)15(20)21)16-6-2-7-17-14(19)12-3-1-8-22-12/h1,3,8,10-11H,2,4-7,9H2,(H,16,18)(H,17,19)(H,20,21)/t10-,11+/m0/s1. The normalized spacial score (nSPS) is 20.5. The molecule has 120 valence electrons. The molecule has 7 heteroatoms. The number of carbonyl (C=O) groups excluding carboxylic acids is 2. The van der Waals surface area contributed by atoms with Crippen LogP contribution in [-0.2, 0) is 9.59 Å². The van der Waals surface area contributed by atoms with E-state index in [0.29, 0.717) is 43.6 Å². The number of hydrogen-bond acceptors (Lipinski definition) is 4. The molecule has 22 heavy (non-hydrogen) atoms. The molecule has 2 rings (SSSR count). The Morgan fingerprint density at radius 3 is 2.55 bits per heavy atom. The maximum absolute atomic E-state index is 11.9. The number of nitrogens with one attached hydrogen (secondary N) is 2. The third kappa shape index (κ3) is 4.56. The van der Waals surface area contributed by atoms with E-state index >= 15 is 0 Å². The predicted molar refractivity (Wildman–Crippen MR) is 82.7 cm³/mol. The first-order chi connectivity index (χ1) is 10.6. The second-order valence-electron chi connectivity index (χ2n) is 5.42. The van der Waals surface area contributed by atoms with Crippen LogP contribution in [0.15, 0.2) is 17.5 Å². The minimum Gasteiger partial charge on any atom is -0.481 e. The summed E-state index contributed by atoms with van der Waals surface area (Å²) in [7, 11) is 0. The smallest absolute Gasteiger partial charge is 0.306 e. The number of amides is 2. The molecule has 2 amide bonds. The van der Waals surface area contributed by atoms with Gasteiger partial charge in [0, 0.05) is 19.0 Å². The van der Waals surface area contributed by atoms with E-state index in [1.807, 2.05) is 11.4 Å². The molecule has 1 aromatic heterocycles. The first-order valence-electron chi connectivity index (χ1n) is 7.40.